The number of hydrogen-bond acceptors (Lipinski definition) is 4. The van der Waals surface area contributed by atoms with Gasteiger partial charge < -0.3 is 9.80 Å². The second-order valence-corrected chi connectivity index (χ2v) is 15.1. The first-order chi connectivity index (χ1) is 19.2. The van der Waals surface area contributed by atoms with Gasteiger partial charge >= 0.3 is 0 Å². The molecule has 0 amide bonds. The van der Waals surface area contributed by atoms with Gasteiger partial charge in [0, 0.05) is 24.6 Å². The van der Waals surface area contributed by atoms with Crippen molar-refractivity contribution < 1.29 is 0 Å². The van der Waals surface area contributed by atoms with Gasteiger partial charge in [0.05, 0.1) is 0 Å². The summed E-state index contributed by atoms with van der Waals surface area (Å²) in [6.45, 7) is 9.65. The fourth-order valence-electron chi connectivity index (χ4n) is 5.35. The molecule has 0 atom stereocenters. The quantitative estimate of drug-likeness (QED) is 0.0546. The molecule has 0 saturated heterocycles. The highest BCUT2D eigenvalue weighted by Gasteiger charge is 2.02. The standard InChI is InChI=1S/C35H74N2S2/c1-5-7-9-11-13-15-16-17-18-19-20-21-23-25-27-29-31-37(4)33-35-39-38-34-32-36(3)30-28-26-24-22-14-12-10-8-6-2/h5-35H2,1-4H3. The molecule has 0 unspecified atom stereocenters. The van der Waals surface area contributed by atoms with Crippen molar-refractivity contribution in [2.24, 2.45) is 0 Å². The van der Waals surface area contributed by atoms with Crippen LogP contribution in [0.4, 0.5) is 0 Å². The van der Waals surface area contributed by atoms with Crippen molar-refractivity contribution in [2.45, 2.75) is 174 Å². The summed E-state index contributed by atoms with van der Waals surface area (Å²) in [5.41, 5.74) is 0. The Labute approximate surface area is 256 Å². The topological polar surface area (TPSA) is 6.48 Å². The third-order valence-corrected chi connectivity index (χ3v) is 10.6. The molecule has 0 aliphatic heterocycles. The molecule has 0 spiro atoms. The van der Waals surface area contributed by atoms with E-state index >= 15 is 0 Å². The van der Waals surface area contributed by atoms with Gasteiger partial charge in [-0.3, -0.25) is 0 Å². The molecule has 0 N–H and O–H groups in total. The molecule has 0 saturated carbocycles. The maximum atomic E-state index is 2.55. The van der Waals surface area contributed by atoms with E-state index in [0.29, 0.717) is 0 Å². The summed E-state index contributed by atoms with van der Waals surface area (Å²) < 4.78 is 0. The molecule has 0 heterocycles. The molecule has 2 nitrogen and oxygen atoms in total. The van der Waals surface area contributed by atoms with Crippen LogP contribution in [-0.2, 0) is 0 Å². The van der Waals surface area contributed by atoms with E-state index in [1.807, 2.05) is 0 Å². The van der Waals surface area contributed by atoms with Gasteiger partial charge in [-0.05, 0) is 40.0 Å². The molecule has 0 aliphatic carbocycles. The zero-order valence-electron chi connectivity index (χ0n) is 27.6. The van der Waals surface area contributed by atoms with Crippen molar-refractivity contribution in [3.63, 3.8) is 0 Å². The van der Waals surface area contributed by atoms with E-state index < -0.39 is 0 Å². The van der Waals surface area contributed by atoms with Crippen LogP contribution in [0.5, 0.6) is 0 Å². The molecular formula is C35H74N2S2. The zero-order valence-corrected chi connectivity index (χ0v) is 29.3. The van der Waals surface area contributed by atoms with E-state index in [-0.39, 0.29) is 0 Å². The largest absolute Gasteiger partial charge is 0.306 e. The predicted molar refractivity (Wildman–Crippen MR) is 187 cm³/mol. The summed E-state index contributed by atoms with van der Waals surface area (Å²) >= 11 is 0. The van der Waals surface area contributed by atoms with Crippen LogP contribution < -0.4 is 0 Å². The molecule has 0 aromatic heterocycles. The lowest BCUT2D eigenvalue weighted by Gasteiger charge is -2.17. The van der Waals surface area contributed by atoms with Crippen molar-refractivity contribution in [2.75, 3.05) is 51.8 Å². The van der Waals surface area contributed by atoms with Crippen LogP contribution in [0.2, 0.25) is 0 Å². The summed E-state index contributed by atoms with van der Waals surface area (Å²) in [6, 6.07) is 0. The fraction of sp³-hybridized carbons (Fsp3) is 1.00. The van der Waals surface area contributed by atoms with Crippen LogP contribution in [0.3, 0.4) is 0 Å². The normalized spacial score (nSPS) is 11.8. The Morgan fingerprint density at radius 2 is 0.538 bits per heavy atom. The van der Waals surface area contributed by atoms with Crippen molar-refractivity contribution in [1.29, 1.82) is 0 Å². The average molecular weight is 587 g/mol. The third kappa shape index (κ3) is 34.7. The van der Waals surface area contributed by atoms with Crippen molar-refractivity contribution in [3.05, 3.63) is 0 Å². The van der Waals surface area contributed by atoms with Crippen LogP contribution in [0.1, 0.15) is 174 Å². The maximum Gasteiger partial charge on any atom is 0.0165 e. The summed E-state index contributed by atoms with van der Waals surface area (Å²) in [4.78, 5) is 5.09. The van der Waals surface area contributed by atoms with E-state index in [0.717, 1.165) is 0 Å². The Bertz CT molecular complexity index is 435. The first-order valence-corrected chi connectivity index (χ1v) is 20.3. The highest BCUT2D eigenvalue weighted by Crippen LogP contribution is 2.21. The van der Waals surface area contributed by atoms with E-state index in [4.69, 9.17) is 0 Å². The van der Waals surface area contributed by atoms with Crippen molar-refractivity contribution >= 4 is 21.6 Å². The minimum absolute atomic E-state index is 1.24. The number of nitrogens with zero attached hydrogens (tertiary/aromatic N) is 2. The molecule has 0 bridgehead atoms. The molecule has 0 aromatic rings. The van der Waals surface area contributed by atoms with Gasteiger partial charge in [-0.2, -0.15) is 0 Å². The molecule has 4 heteroatoms. The van der Waals surface area contributed by atoms with Gasteiger partial charge in [0.2, 0.25) is 0 Å². The minimum Gasteiger partial charge on any atom is -0.306 e. The van der Waals surface area contributed by atoms with Gasteiger partial charge in [-0.25, -0.2) is 0 Å². The summed E-state index contributed by atoms with van der Waals surface area (Å²) in [5, 5.41) is 0. The van der Waals surface area contributed by atoms with Gasteiger partial charge in [0.25, 0.3) is 0 Å². The summed E-state index contributed by atoms with van der Waals surface area (Å²) in [5.74, 6) is 2.53. The smallest absolute Gasteiger partial charge is 0.0165 e. The van der Waals surface area contributed by atoms with E-state index in [1.54, 1.807) is 0 Å². The zero-order chi connectivity index (χ0) is 28.5. The first kappa shape index (κ1) is 39.6. The first-order valence-electron chi connectivity index (χ1n) is 17.8. The van der Waals surface area contributed by atoms with E-state index in [1.165, 1.54) is 198 Å². The summed E-state index contributed by atoms with van der Waals surface area (Å²) in [7, 11) is 8.78. The minimum atomic E-state index is 1.24. The Kier molecular flexibility index (Phi) is 35.4. The molecule has 0 fully saturated rings. The van der Waals surface area contributed by atoms with Gasteiger partial charge in [-0.1, -0.05) is 183 Å². The lowest BCUT2D eigenvalue weighted by molar-refractivity contribution is 0.342. The van der Waals surface area contributed by atoms with Crippen LogP contribution in [-0.4, -0.2) is 61.6 Å². The Balaban J connectivity index is 3.23. The highest BCUT2D eigenvalue weighted by atomic mass is 33.1. The molecule has 0 rings (SSSR count). The Hall–Kier alpha value is 0.620. The molecule has 0 aromatic carbocycles. The molecule has 39 heavy (non-hydrogen) atoms. The summed E-state index contributed by atoms with van der Waals surface area (Å²) in [6.07, 6.45) is 36.1. The average Bonchev–Trinajstić information content (AvgIpc) is 2.93. The van der Waals surface area contributed by atoms with Crippen molar-refractivity contribution in [3.8, 4) is 0 Å². The van der Waals surface area contributed by atoms with Gasteiger partial charge in [-0.15, -0.1) is 0 Å². The Morgan fingerprint density at radius 1 is 0.308 bits per heavy atom. The number of unbranched alkanes of at least 4 members (excludes halogenated alkanes) is 23. The lowest BCUT2D eigenvalue weighted by atomic mass is 10.0. The maximum absolute atomic E-state index is 2.55. The predicted octanol–water partition coefficient (Wildman–Crippen LogP) is 12.0. The molecule has 236 valence electrons. The molecule has 0 radical (unpaired) electrons. The number of rotatable bonds is 34. The van der Waals surface area contributed by atoms with Gasteiger partial charge in [0.1, 0.15) is 0 Å². The lowest BCUT2D eigenvalue weighted by Crippen LogP contribution is -2.23. The van der Waals surface area contributed by atoms with Crippen LogP contribution in [0.25, 0.3) is 0 Å². The van der Waals surface area contributed by atoms with E-state index in [2.05, 4.69) is 59.3 Å². The SMILES string of the molecule is CCCCCCCCCCCCCCCCCCN(C)CCSSCCN(C)CCCCCCCCCCC. The second-order valence-electron chi connectivity index (χ2n) is 12.4. The van der Waals surface area contributed by atoms with Crippen LogP contribution >= 0.6 is 21.6 Å². The monoisotopic (exact) mass is 587 g/mol. The van der Waals surface area contributed by atoms with Crippen LogP contribution in [0, 0.1) is 0 Å². The highest BCUT2D eigenvalue weighted by molar-refractivity contribution is 8.76. The second kappa shape index (κ2) is 34.8. The number of hydrogen-bond donors (Lipinski definition) is 0. The Morgan fingerprint density at radius 3 is 0.795 bits per heavy atom. The molecule has 0 aliphatic rings. The fourth-order valence-corrected chi connectivity index (χ4v) is 7.51. The van der Waals surface area contributed by atoms with Crippen LogP contribution in [0.15, 0.2) is 0 Å². The van der Waals surface area contributed by atoms with Crippen molar-refractivity contribution in [1.82, 2.24) is 9.80 Å². The molecular weight excluding hydrogens is 513 g/mol. The van der Waals surface area contributed by atoms with Gasteiger partial charge in [0.15, 0.2) is 0 Å². The third-order valence-electron chi connectivity index (χ3n) is 8.23. The van der Waals surface area contributed by atoms with E-state index in [9.17, 15) is 0 Å².